The third kappa shape index (κ3) is 1.54. The highest BCUT2D eigenvalue weighted by molar-refractivity contribution is 5.76. The van der Waals surface area contributed by atoms with Crippen LogP contribution >= 0.6 is 0 Å². The molecule has 3 aromatic rings. The van der Waals surface area contributed by atoms with Crippen molar-refractivity contribution in [1.29, 1.82) is 0 Å². The maximum atomic E-state index is 6.07. The number of anilines is 1. The third-order valence-electron chi connectivity index (χ3n) is 2.88. The van der Waals surface area contributed by atoms with E-state index in [1.54, 1.807) is 12.4 Å². The van der Waals surface area contributed by atoms with Crippen LogP contribution in [-0.4, -0.2) is 14.4 Å². The molecule has 0 spiro atoms. The second-order valence-corrected chi connectivity index (χ2v) is 4.00. The van der Waals surface area contributed by atoms with Gasteiger partial charge in [-0.1, -0.05) is 18.2 Å². The molecular weight excluding hydrogens is 212 g/mol. The number of rotatable bonds is 1. The summed E-state index contributed by atoms with van der Waals surface area (Å²) in [5.41, 5.74) is 10.6. The van der Waals surface area contributed by atoms with Crippen molar-refractivity contribution in [3.8, 4) is 11.3 Å². The van der Waals surface area contributed by atoms with Crippen LogP contribution in [0.5, 0.6) is 0 Å². The number of aromatic nitrogens is 3. The zero-order valence-corrected chi connectivity index (χ0v) is 9.46. The van der Waals surface area contributed by atoms with Crippen LogP contribution < -0.4 is 5.73 Å². The number of para-hydroxylation sites is 1. The lowest BCUT2D eigenvalue weighted by molar-refractivity contribution is 1.13. The van der Waals surface area contributed by atoms with Gasteiger partial charge in [0.05, 0.1) is 11.9 Å². The molecule has 0 atom stereocenters. The predicted molar refractivity (Wildman–Crippen MR) is 67.6 cm³/mol. The number of benzene rings is 1. The van der Waals surface area contributed by atoms with Gasteiger partial charge in [0.1, 0.15) is 0 Å². The number of fused-ring (bicyclic) bond motifs is 1. The molecule has 4 heteroatoms. The van der Waals surface area contributed by atoms with Gasteiger partial charge in [-0.2, -0.15) is 0 Å². The maximum absolute atomic E-state index is 6.07. The Morgan fingerprint density at radius 3 is 3.00 bits per heavy atom. The quantitative estimate of drug-likeness (QED) is 0.645. The molecule has 84 valence electrons. The lowest BCUT2D eigenvalue weighted by Gasteiger charge is -2.07. The molecule has 17 heavy (non-hydrogen) atoms. The Hall–Kier alpha value is -2.36. The number of nitrogens with two attached hydrogens (primary N) is 1. The fourth-order valence-electron chi connectivity index (χ4n) is 1.87. The molecule has 0 aliphatic rings. The Bertz CT molecular complexity index is 685. The topological polar surface area (TPSA) is 56.2 Å². The van der Waals surface area contributed by atoms with E-state index in [-0.39, 0.29) is 0 Å². The van der Waals surface area contributed by atoms with E-state index in [2.05, 4.69) is 9.97 Å². The minimum atomic E-state index is 0.777. The Morgan fingerprint density at radius 2 is 2.12 bits per heavy atom. The zero-order valence-electron chi connectivity index (χ0n) is 9.46. The van der Waals surface area contributed by atoms with Gasteiger partial charge in [-0.3, -0.25) is 4.98 Å². The Balaban J connectivity index is 2.23. The van der Waals surface area contributed by atoms with Crippen molar-refractivity contribution in [2.75, 3.05) is 5.73 Å². The minimum absolute atomic E-state index is 0.777. The lowest BCUT2D eigenvalue weighted by atomic mass is 10.1. The van der Waals surface area contributed by atoms with E-state index >= 15 is 0 Å². The molecule has 0 radical (unpaired) electrons. The number of aryl methyl sites for hydroxylation is 1. The van der Waals surface area contributed by atoms with Gasteiger partial charge in [0, 0.05) is 29.8 Å². The second kappa shape index (κ2) is 3.59. The van der Waals surface area contributed by atoms with E-state index < -0.39 is 0 Å². The van der Waals surface area contributed by atoms with Gasteiger partial charge < -0.3 is 10.1 Å². The standard InChI is InChI=1S/C13H12N4/c1-9-3-2-4-10(13(9)14)11-8-17-6-5-15-12(17)7-16-11/h2-8H,14H2,1H3. The third-order valence-corrected chi connectivity index (χ3v) is 2.88. The van der Waals surface area contributed by atoms with Gasteiger partial charge in [0.15, 0.2) is 5.65 Å². The first kappa shape index (κ1) is 9.84. The molecule has 0 unspecified atom stereocenters. The van der Waals surface area contributed by atoms with Crippen LogP contribution in [0.15, 0.2) is 43.0 Å². The highest BCUT2D eigenvalue weighted by Gasteiger charge is 2.06. The number of hydrogen-bond donors (Lipinski definition) is 1. The van der Waals surface area contributed by atoms with Crippen molar-refractivity contribution in [3.63, 3.8) is 0 Å². The smallest absolute Gasteiger partial charge is 0.155 e. The Kier molecular flexibility index (Phi) is 2.08. The number of nitrogen functional groups attached to an aromatic ring is 1. The Labute approximate surface area is 98.8 Å². The van der Waals surface area contributed by atoms with Crippen molar-refractivity contribution >= 4 is 11.3 Å². The van der Waals surface area contributed by atoms with E-state index in [0.29, 0.717) is 0 Å². The van der Waals surface area contributed by atoms with Gasteiger partial charge >= 0.3 is 0 Å². The maximum Gasteiger partial charge on any atom is 0.155 e. The van der Waals surface area contributed by atoms with Crippen molar-refractivity contribution in [1.82, 2.24) is 14.4 Å². The second-order valence-electron chi connectivity index (χ2n) is 4.00. The molecule has 2 N–H and O–H groups in total. The molecule has 1 aromatic carbocycles. The average molecular weight is 224 g/mol. The molecule has 0 aliphatic carbocycles. The first-order chi connectivity index (χ1) is 8.25. The van der Waals surface area contributed by atoms with E-state index in [1.807, 2.05) is 41.9 Å². The van der Waals surface area contributed by atoms with Crippen molar-refractivity contribution < 1.29 is 0 Å². The number of nitrogens with zero attached hydrogens (tertiary/aromatic N) is 3. The van der Waals surface area contributed by atoms with Gasteiger partial charge in [0.25, 0.3) is 0 Å². The van der Waals surface area contributed by atoms with Crippen LogP contribution in [-0.2, 0) is 0 Å². The summed E-state index contributed by atoms with van der Waals surface area (Å²) in [6, 6.07) is 5.96. The predicted octanol–water partition coefficient (Wildman–Crippen LogP) is 2.29. The molecule has 3 rings (SSSR count). The first-order valence-electron chi connectivity index (χ1n) is 5.40. The monoisotopic (exact) mass is 224 g/mol. The number of imidazole rings is 1. The number of hydrogen-bond acceptors (Lipinski definition) is 3. The fraction of sp³-hybridized carbons (Fsp3) is 0.0769. The first-order valence-corrected chi connectivity index (χ1v) is 5.40. The van der Waals surface area contributed by atoms with Gasteiger partial charge in [-0.25, -0.2) is 4.98 Å². The van der Waals surface area contributed by atoms with E-state index in [0.717, 1.165) is 28.2 Å². The minimum Gasteiger partial charge on any atom is -0.398 e. The summed E-state index contributed by atoms with van der Waals surface area (Å²) in [5, 5.41) is 0. The van der Waals surface area contributed by atoms with Crippen LogP contribution in [0.3, 0.4) is 0 Å². The van der Waals surface area contributed by atoms with Crippen LogP contribution in [0.25, 0.3) is 16.9 Å². The highest BCUT2D eigenvalue weighted by Crippen LogP contribution is 2.26. The summed E-state index contributed by atoms with van der Waals surface area (Å²) in [7, 11) is 0. The van der Waals surface area contributed by atoms with Crippen LogP contribution in [0.1, 0.15) is 5.56 Å². The molecule has 0 fully saturated rings. The Morgan fingerprint density at radius 1 is 1.24 bits per heavy atom. The molecule has 2 heterocycles. The summed E-state index contributed by atoms with van der Waals surface area (Å²) in [6.45, 7) is 1.99. The van der Waals surface area contributed by atoms with Crippen LogP contribution in [0, 0.1) is 6.92 Å². The molecule has 0 saturated carbocycles. The highest BCUT2D eigenvalue weighted by atomic mass is 15.0. The van der Waals surface area contributed by atoms with Crippen LogP contribution in [0.2, 0.25) is 0 Å². The van der Waals surface area contributed by atoms with Gasteiger partial charge in [-0.05, 0) is 12.5 Å². The molecule has 0 aliphatic heterocycles. The summed E-state index contributed by atoms with van der Waals surface area (Å²) in [6.07, 6.45) is 7.33. The lowest BCUT2D eigenvalue weighted by Crippen LogP contribution is -1.96. The van der Waals surface area contributed by atoms with Gasteiger partial charge in [0.2, 0.25) is 0 Å². The zero-order chi connectivity index (χ0) is 11.8. The average Bonchev–Trinajstić information content (AvgIpc) is 2.79. The van der Waals surface area contributed by atoms with E-state index in [1.165, 1.54) is 0 Å². The summed E-state index contributed by atoms with van der Waals surface area (Å²) >= 11 is 0. The molecular formula is C13H12N4. The normalized spacial score (nSPS) is 10.9. The molecule has 0 bridgehead atoms. The van der Waals surface area contributed by atoms with Crippen molar-refractivity contribution in [2.24, 2.45) is 0 Å². The molecule has 0 saturated heterocycles. The summed E-state index contributed by atoms with van der Waals surface area (Å²) in [4.78, 5) is 8.55. The van der Waals surface area contributed by atoms with E-state index in [9.17, 15) is 0 Å². The molecule has 0 amide bonds. The van der Waals surface area contributed by atoms with Crippen LogP contribution in [0.4, 0.5) is 5.69 Å². The molecule has 2 aromatic heterocycles. The van der Waals surface area contributed by atoms with Crippen molar-refractivity contribution in [2.45, 2.75) is 6.92 Å². The fourth-order valence-corrected chi connectivity index (χ4v) is 1.87. The van der Waals surface area contributed by atoms with Crippen molar-refractivity contribution in [3.05, 3.63) is 48.5 Å². The molecule has 4 nitrogen and oxygen atoms in total. The van der Waals surface area contributed by atoms with Gasteiger partial charge in [-0.15, -0.1) is 0 Å². The van der Waals surface area contributed by atoms with E-state index in [4.69, 9.17) is 5.73 Å². The summed E-state index contributed by atoms with van der Waals surface area (Å²) in [5.74, 6) is 0. The largest absolute Gasteiger partial charge is 0.398 e. The summed E-state index contributed by atoms with van der Waals surface area (Å²) < 4.78 is 1.93. The SMILES string of the molecule is Cc1cccc(-c2cn3ccnc3cn2)c1N.